The smallest absolute Gasteiger partial charge is 0.406 e. The summed E-state index contributed by atoms with van der Waals surface area (Å²) in [5, 5.41) is 0. The number of hydrogen-bond acceptors (Lipinski definition) is 5. The zero-order valence-electron chi connectivity index (χ0n) is 20.0. The Hall–Kier alpha value is -3.40. The zero-order valence-corrected chi connectivity index (χ0v) is 20.0. The molecule has 2 aromatic heterocycles. The zero-order chi connectivity index (χ0) is 25.3. The highest BCUT2D eigenvalue weighted by atomic mass is 19.4. The Morgan fingerprint density at radius 3 is 2.42 bits per heavy atom. The molecule has 0 spiro atoms. The summed E-state index contributed by atoms with van der Waals surface area (Å²) in [6.45, 7) is 3.57. The lowest BCUT2D eigenvalue weighted by molar-refractivity contribution is -0.274. The summed E-state index contributed by atoms with van der Waals surface area (Å²) in [6, 6.07) is 9.72. The van der Waals surface area contributed by atoms with Crippen molar-refractivity contribution in [2.45, 2.75) is 38.1 Å². The van der Waals surface area contributed by atoms with E-state index in [2.05, 4.69) is 14.6 Å². The molecule has 4 heterocycles. The number of carbonyl (C=O) groups excluding carboxylic acids is 1. The molecule has 5 rings (SSSR count). The Bertz CT molecular complexity index is 1210. The summed E-state index contributed by atoms with van der Waals surface area (Å²) in [6.07, 6.45) is 2.79. The Kier molecular flexibility index (Phi) is 6.70. The third-order valence-electron chi connectivity index (χ3n) is 6.97. The first-order chi connectivity index (χ1) is 17.3. The van der Waals surface area contributed by atoms with Crippen molar-refractivity contribution in [3.63, 3.8) is 0 Å². The van der Waals surface area contributed by atoms with E-state index in [1.807, 2.05) is 11.0 Å². The predicted octanol–water partition coefficient (Wildman–Crippen LogP) is 4.75. The number of hydrogen-bond donors (Lipinski definition) is 0. The van der Waals surface area contributed by atoms with Gasteiger partial charge < -0.3 is 19.1 Å². The molecule has 0 aliphatic carbocycles. The van der Waals surface area contributed by atoms with Crippen molar-refractivity contribution in [1.82, 2.24) is 24.3 Å². The Morgan fingerprint density at radius 2 is 1.75 bits per heavy atom. The minimum absolute atomic E-state index is 0.141. The van der Waals surface area contributed by atoms with Crippen LogP contribution in [0.5, 0.6) is 5.75 Å². The Morgan fingerprint density at radius 1 is 1.03 bits per heavy atom. The predicted molar refractivity (Wildman–Crippen MR) is 128 cm³/mol. The van der Waals surface area contributed by atoms with E-state index in [1.165, 1.54) is 31.0 Å². The molecule has 0 saturated carbocycles. The standard InChI is InChI=1S/C26H28F3N5O2/c1-32-23(25(35)34-14-9-20(10-15-34)33-12-2-3-13-33)22(19-7-5-11-30-17-19)31-24(32)18-6-4-8-21(16-18)36-26(27,28)29/h4-8,11,16-17,20H,2-3,9-10,12-15H2,1H3. The van der Waals surface area contributed by atoms with Crippen LogP contribution in [0, 0.1) is 0 Å². The molecular weight excluding hydrogens is 471 g/mol. The molecule has 1 aromatic carbocycles. The van der Waals surface area contributed by atoms with Gasteiger partial charge in [0.15, 0.2) is 0 Å². The van der Waals surface area contributed by atoms with Crippen LogP contribution in [0.1, 0.15) is 36.2 Å². The molecule has 3 aromatic rings. The summed E-state index contributed by atoms with van der Waals surface area (Å²) in [5.74, 6) is -0.114. The molecule has 190 valence electrons. The number of halogens is 3. The number of pyridine rings is 1. The first-order valence-electron chi connectivity index (χ1n) is 12.2. The van der Waals surface area contributed by atoms with E-state index in [9.17, 15) is 18.0 Å². The molecule has 36 heavy (non-hydrogen) atoms. The molecule has 0 atom stereocenters. The minimum Gasteiger partial charge on any atom is -0.406 e. The van der Waals surface area contributed by atoms with E-state index in [1.54, 1.807) is 36.1 Å². The Balaban J connectivity index is 1.47. The number of imidazole rings is 1. The number of ether oxygens (including phenoxy) is 1. The van der Waals surface area contributed by atoms with Crippen LogP contribution in [0.15, 0.2) is 48.8 Å². The van der Waals surface area contributed by atoms with Crippen LogP contribution in [0.25, 0.3) is 22.6 Å². The quantitative estimate of drug-likeness (QED) is 0.507. The molecule has 2 aliphatic rings. The second kappa shape index (κ2) is 9.93. The SMILES string of the molecule is Cn1c(-c2cccc(OC(F)(F)F)c2)nc(-c2cccnc2)c1C(=O)N1CCC(N2CCCC2)CC1. The number of likely N-dealkylation sites (tertiary alicyclic amines) is 2. The first kappa shape index (κ1) is 24.3. The summed E-state index contributed by atoms with van der Waals surface area (Å²) < 4.78 is 44.1. The van der Waals surface area contributed by atoms with Crippen LogP contribution in [-0.2, 0) is 7.05 Å². The number of benzene rings is 1. The van der Waals surface area contributed by atoms with Crippen LogP contribution in [-0.4, -0.2) is 68.8 Å². The van der Waals surface area contributed by atoms with Crippen molar-refractivity contribution < 1.29 is 22.7 Å². The Labute approximate surface area is 207 Å². The van der Waals surface area contributed by atoms with Gasteiger partial charge in [-0.05, 0) is 63.0 Å². The number of aromatic nitrogens is 3. The van der Waals surface area contributed by atoms with Gasteiger partial charge in [-0.15, -0.1) is 13.2 Å². The van der Waals surface area contributed by atoms with Crippen LogP contribution in [0.3, 0.4) is 0 Å². The maximum Gasteiger partial charge on any atom is 0.573 e. The first-order valence-corrected chi connectivity index (χ1v) is 12.2. The van der Waals surface area contributed by atoms with E-state index >= 15 is 0 Å². The minimum atomic E-state index is -4.80. The molecule has 1 amide bonds. The van der Waals surface area contributed by atoms with Crippen LogP contribution in [0.2, 0.25) is 0 Å². The van der Waals surface area contributed by atoms with Gasteiger partial charge in [0.1, 0.15) is 23.0 Å². The lowest BCUT2D eigenvalue weighted by Crippen LogP contribution is -2.46. The van der Waals surface area contributed by atoms with Gasteiger partial charge >= 0.3 is 6.36 Å². The maximum absolute atomic E-state index is 13.8. The van der Waals surface area contributed by atoms with Crippen molar-refractivity contribution in [2.24, 2.45) is 7.05 Å². The van der Waals surface area contributed by atoms with Gasteiger partial charge in [-0.2, -0.15) is 0 Å². The molecule has 0 radical (unpaired) electrons. The molecule has 0 bridgehead atoms. The normalized spacial score (nSPS) is 17.5. The molecule has 2 saturated heterocycles. The van der Waals surface area contributed by atoms with E-state index in [4.69, 9.17) is 4.98 Å². The molecule has 2 fully saturated rings. The molecule has 7 nitrogen and oxygen atoms in total. The second-order valence-electron chi connectivity index (χ2n) is 9.28. The number of nitrogens with zero attached hydrogens (tertiary/aromatic N) is 5. The molecule has 10 heteroatoms. The van der Waals surface area contributed by atoms with Gasteiger partial charge in [-0.25, -0.2) is 4.98 Å². The number of alkyl halides is 3. The van der Waals surface area contributed by atoms with Crippen LogP contribution >= 0.6 is 0 Å². The van der Waals surface area contributed by atoms with Crippen LogP contribution < -0.4 is 4.74 Å². The monoisotopic (exact) mass is 499 g/mol. The van der Waals surface area contributed by atoms with Gasteiger partial charge in [0.2, 0.25) is 0 Å². The second-order valence-corrected chi connectivity index (χ2v) is 9.28. The third-order valence-corrected chi connectivity index (χ3v) is 6.97. The number of piperidine rings is 1. The van der Waals surface area contributed by atoms with E-state index in [0.717, 1.165) is 25.9 Å². The van der Waals surface area contributed by atoms with Gasteiger partial charge in [-0.3, -0.25) is 9.78 Å². The molecule has 0 unspecified atom stereocenters. The van der Waals surface area contributed by atoms with Crippen molar-refractivity contribution in [3.05, 3.63) is 54.5 Å². The molecule has 2 aliphatic heterocycles. The summed E-state index contributed by atoms with van der Waals surface area (Å²) in [5.41, 5.74) is 1.92. The fourth-order valence-electron chi connectivity index (χ4n) is 5.23. The largest absolute Gasteiger partial charge is 0.573 e. The third kappa shape index (κ3) is 5.09. The van der Waals surface area contributed by atoms with Crippen molar-refractivity contribution in [2.75, 3.05) is 26.2 Å². The van der Waals surface area contributed by atoms with E-state index < -0.39 is 6.36 Å². The summed E-state index contributed by atoms with van der Waals surface area (Å²) in [4.78, 5) is 27.1. The highest BCUT2D eigenvalue weighted by Crippen LogP contribution is 2.33. The van der Waals surface area contributed by atoms with Gasteiger partial charge in [-0.1, -0.05) is 12.1 Å². The van der Waals surface area contributed by atoms with Gasteiger partial charge in [0.05, 0.1) is 0 Å². The van der Waals surface area contributed by atoms with Crippen molar-refractivity contribution >= 4 is 5.91 Å². The number of carbonyl (C=O) groups is 1. The average molecular weight is 500 g/mol. The molecular formula is C26H28F3N5O2. The molecule has 0 N–H and O–H groups in total. The highest BCUT2D eigenvalue weighted by Gasteiger charge is 2.33. The topological polar surface area (TPSA) is 63.5 Å². The van der Waals surface area contributed by atoms with E-state index in [0.29, 0.717) is 47.5 Å². The summed E-state index contributed by atoms with van der Waals surface area (Å²) in [7, 11) is 1.71. The average Bonchev–Trinajstić information content (AvgIpc) is 3.52. The highest BCUT2D eigenvalue weighted by molar-refractivity contribution is 5.99. The fourth-order valence-corrected chi connectivity index (χ4v) is 5.23. The lowest BCUT2D eigenvalue weighted by Gasteiger charge is -2.36. The maximum atomic E-state index is 13.8. The van der Waals surface area contributed by atoms with E-state index in [-0.39, 0.29) is 11.7 Å². The van der Waals surface area contributed by atoms with Crippen molar-refractivity contribution in [1.29, 1.82) is 0 Å². The summed E-state index contributed by atoms with van der Waals surface area (Å²) >= 11 is 0. The number of amides is 1. The van der Waals surface area contributed by atoms with Gasteiger partial charge in [0, 0.05) is 49.7 Å². The fraction of sp³-hybridized carbons (Fsp3) is 0.423. The number of rotatable bonds is 5. The lowest BCUT2D eigenvalue weighted by atomic mass is 10.0. The van der Waals surface area contributed by atoms with Gasteiger partial charge in [0.25, 0.3) is 5.91 Å². The van der Waals surface area contributed by atoms with Crippen molar-refractivity contribution in [3.8, 4) is 28.4 Å². The van der Waals surface area contributed by atoms with Crippen LogP contribution in [0.4, 0.5) is 13.2 Å².